The summed E-state index contributed by atoms with van der Waals surface area (Å²) < 4.78 is 2.18. The minimum absolute atomic E-state index is 0.0678. The molecule has 104 valence electrons. The van der Waals surface area contributed by atoms with Crippen LogP contribution in [0, 0.1) is 0 Å². The lowest BCUT2D eigenvalue weighted by Gasteiger charge is -2.14. The van der Waals surface area contributed by atoms with Gasteiger partial charge in [0.2, 0.25) is 0 Å². The largest absolute Gasteiger partial charge is 0.477 e. The number of carboxylic acid groups (broad SMARTS) is 1. The van der Waals surface area contributed by atoms with E-state index in [1.54, 1.807) is 17.8 Å². The molecule has 0 unspecified atom stereocenters. The van der Waals surface area contributed by atoms with Crippen LogP contribution in [0.2, 0.25) is 0 Å². The molecule has 3 rings (SSSR count). The normalized spacial score (nSPS) is 14.0. The van der Waals surface area contributed by atoms with E-state index in [2.05, 4.69) is 19.7 Å². The van der Waals surface area contributed by atoms with Crippen molar-refractivity contribution in [3.8, 4) is 0 Å². The number of carbonyl (C=O) groups is 1. The lowest BCUT2D eigenvalue weighted by Crippen LogP contribution is -2.12. The second-order valence-electron chi connectivity index (χ2n) is 4.61. The van der Waals surface area contributed by atoms with Crippen LogP contribution in [0.3, 0.4) is 0 Å². The summed E-state index contributed by atoms with van der Waals surface area (Å²) in [5.74, 6) is 1.70. The maximum Gasteiger partial charge on any atom is 0.354 e. The molecule has 0 atom stereocenters. The van der Waals surface area contributed by atoms with Crippen LogP contribution >= 0.6 is 11.8 Å². The number of aromatic nitrogens is 4. The van der Waals surface area contributed by atoms with Crippen LogP contribution in [0.25, 0.3) is 0 Å². The summed E-state index contributed by atoms with van der Waals surface area (Å²) in [5.41, 5.74) is 0.0678. The Balaban J connectivity index is 1.72. The van der Waals surface area contributed by atoms with Crippen molar-refractivity contribution in [2.45, 2.75) is 36.5 Å². The lowest BCUT2D eigenvalue weighted by atomic mass is 10.2. The predicted octanol–water partition coefficient (Wildman–Crippen LogP) is 2.00. The summed E-state index contributed by atoms with van der Waals surface area (Å²) in [6.07, 6.45) is 4.86. The molecule has 0 aliphatic carbocycles. The molecule has 20 heavy (non-hydrogen) atoms. The molecule has 2 aromatic heterocycles. The highest BCUT2D eigenvalue weighted by atomic mass is 32.2. The summed E-state index contributed by atoms with van der Waals surface area (Å²) in [7, 11) is 0. The maximum atomic E-state index is 10.9. The van der Waals surface area contributed by atoms with Crippen molar-refractivity contribution in [2.75, 3.05) is 0 Å². The molecule has 0 aromatic carbocycles. The molecule has 1 aliphatic heterocycles. The SMILES string of the molecule is O=C(O)c1cc(SCc2nnc3n2CCCC3)ccn1. The molecule has 1 N–H and O–H groups in total. The summed E-state index contributed by atoms with van der Waals surface area (Å²) >= 11 is 1.56. The fraction of sp³-hybridized carbons (Fsp3) is 0.385. The van der Waals surface area contributed by atoms with Crippen LogP contribution in [0.5, 0.6) is 0 Å². The van der Waals surface area contributed by atoms with Gasteiger partial charge in [-0.15, -0.1) is 22.0 Å². The van der Waals surface area contributed by atoms with Gasteiger partial charge in [0.15, 0.2) is 0 Å². The van der Waals surface area contributed by atoms with E-state index in [0.717, 1.165) is 29.5 Å². The quantitative estimate of drug-likeness (QED) is 0.867. The highest BCUT2D eigenvalue weighted by Crippen LogP contribution is 2.24. The molecule has 0 saturated carbocycles. The number of thioether (sulfide) groups is 1. The molecule has 0 fully saturated rings. The Labute approximate surface area is 120 Å². The fourth-order valence-corrected chi connectivity index (χ4v) is 3.10. The predicted molar refractivity (Wildman–Crippen MR) is 73.7 cm³/mol. The Bertz CT molecular complexity index is 641. The second kappa shape index (κ2) is 5.62. The molecule has 0 radical (unpaired) electrons. The van der Waals surface area contributed by atoms with Crippen molar-refractivity contribution < 1.29 is 9.90 Å². The number of nitrogens with zero attached hydrogens (tertiary/aromatic N) is 4. The topological polar surface area (TPSA) is 80.9 Å². The number of aromatic carboxylic acids is 1. The van der Waals surface area contributed by atoms with E-state index in [0.29, 0.717) is 5.75 Å². The van der Waals surface area contributed by atoms with Gasteiger partial charge in [0, 0.05) is 24.1 Å². The van der Waals surface area contributed by atoms with Gasteiger partial charge < -0.3 is 9.67 Å². The third kappa shape index (κ3) is 2.67. The van der Waals surface area contributed by atoms with Gasteiger partial charge in [0.25, 0.3) is 0 Å². The number of fused-ring (bicyclic) bond motifs is 1. The van der Waals surface area contributed by atoms with E-state index >= 15 is 0 Å². The van der Waals surface area contributed by atoms with Crippen molar-refractivity contribution >= 4 is 17.7 Å². The second-order valence-corrected chi connectivity index (χ2v) is 5.66. The van der Waals surface area contributed by atoms with E-state index in [-0.39, 0.29) is 5.69 Å². The molecule has 2 aromatic rings. The number of hydrogen-bond acceptors (Lipinski definition) is 5. The minimum atomic E-state index is -1.01. The third-order valence-corrected chi connectivity index (χ3v) is 4.24. The van der Waals surface area contributed by atoms with Crippen molar-refractivity contribution in [3.05, 3.63) is 35.7 Å². The summed E-state index contributed by atoms with van der Waals surface area (Å²) in [6, 6.07) is 3.39. The van der Waals surface area contributed by atoms with E-state index in [1.165, 1.54) is 19.0 Å². The molecular weight excluding hydrogens is 276 g/mol. The Morgan fingerprint density at radius 1 is 1.40 bits per heavy atom. The van der Waals surface area contributed by atoms with E-state index in [9.17, 15) is 4.79 Å². The monoisotopic (exact) mass is 290 g/mol. The fourth-order valence-electron chi connectivity index (χ4n) is 2.24. The first-order valence-corrected chi connectivity index (χ1v) is 7.46. The zero-order valence-corrected chi connectivity index (χ0v) is 11.6. The number of pyridine rings is 1. The minimum Gasteiger partial charge on any atom is -0.477 e. The van der Waals surface area contributed by atoms with Crippen LogP contribution < -0.4 is 0 Å². The molecule has 0 amide bonds. The maximum absolute atomic E-state index is 10.9. The molecular formula is C13H14N4O2S. The molecule has 1 aliphatic rings. The number of hydrogen-bond donors (Lipinski definition) is 1. The van der Waals surface area contributed by atoms with Crippen molar-refractivity contribution in [3.63, 3.8) is 0 Å². The van der Waals surface area contributed by atoms with Crippen molar-refractivity contribution in [1.29, 1.82) is 0 Å². The van der Waals surface area contributed by atoms with E-state index in [1.807, 2.05) is 6.07 Å². The zero-order chi connectivity index (χ0) is 13.9. The van der Waals surface area contributed by atoms with Gasteiger partial charge in [-0.3, -0.25) is 0 Å². The summed E-state index contributed by atoms with van der Waals surface area (Å²) in [6.45, 7) is 0.981. The molecule has 3 heterocycles. The van der Waals surface area contributed by atoms with Crippen LogP contribution in [0.1, 0.15) is 35.0 Å². The van der Waals surface area contributed by atoms with Crippen molar-refractivity contribution in [2.24, 2.45) is 0 Å². The van der Waals surface area contributed by atoms with Crippen LogP contribution in [0.15, 0.2) is 23.2 Å². The van der Waals surface area contributed by atoms with Gasteiger partial charge >= 0.3 is 5.97 Å². The highest BCUT2D eigenvalue weighted by molar-refractivity contribution is 7.98. The first kappa shape index (κ1) is 13.1. The van der Waals surface area contributed by atoms with E-state index < -0.39 is 5.97 Å². The Kier molecular flexibility index (Phi) is 3.68. The molecule has 0 bridgehead atoms. The Morgan fingerprint density at radius 2 is 2.30 bits per heavy atom. The third-order valence-electron chi connectivity index (χ3n) is 3.25. The Hall–Kier alpha value is -1.89. The van der Waals surface area contributed by atoms with Gasteiger partial charge in [0.05, 0.1) is 5.75 Å². The molecule has 7 heteroatoms. The zero-order valence-electron chi connectivity index (χ0n) is 10.8. The molecule has 6 nitrogen and oxygen atoms in total. The van der Waals surface area contributed by atoms with Crippen LogP contribution in [0.4, 0.5) is 0 Å². The average Bonchev–Trinajstić information content (AvgIpc) is 2.89. The smallest absolute Gasteiger partial charge is 0.354 e. The molecule has 0 spiro atoms. The standard InChI is InChI=1S/C13H14N4O2S/c18-13(19)10-7-9(4-5-14-10)20-8-12-16-15-11-3-1-2-6-17(11)12/h4-5,7H,1-3,6,8H2,(H,18,19). The van der Waals surface area contributed by atoms with Gasteiger partial charge in [-0.05, 0) is 25.0 Å². The molecule has 0 saturated heterocycles. The van der Waals surface area contributed by atoms with Gasteiger partial charge in [-0.2, -0.15) is 0 Å². The summed E-state index contributed by atoms with van der Waals surface area (Å²) in [5, 5.41) is 17.4. The first-order valence-electron chi connectivity index (χ1n) is 6.47. The van der Waals surface area contributed by atoms with Crippen LogP contribution in [-0.4, -0.2) is 30.8 Å². The number of aryl methyl sites for hydroxylation is 1. The lowest BCUT2D eigenvalue weighted by molar-refractivity contribution is 0.0690. The van der Waals surface area contributed by atoms with Gasteiger partial charge in [0.1, 0.15) is 17.3 Å². The number of carboxylic acids is 1. The van der Waals surface area contributed by atoms with E-state index in [4.69, 9.17) is 5.11 Å². The highest BCUT2D eigenvalue weighted by Gasteiger charge is 2.15. The van der Waals surface area contributed by atoms with Gasteiger partial charge in [-0.1, -0.05) is 0 Å². The van der Waals surface area contributed by atoms with Crippen molar-refractivity contribution in [1.82, 2.24) is 19.7 Å². The summed E-state index contributed by atoms with van der Waals surface area (Å²) in [4.78, 5) is 15.6. The Morgan fingerprint density at radius 3 is 3.15 bits per heavy atom. The van der Waals surface area contributed by atoms with Gasteiger partial charge in [-0.25, -0.2) is 9.78 Å². The first-order chi connectivity index (χ1) is 9.74. The number of rotatable bonds is 4. The van der Waals surface area contributed by atoms with Crippen LogP contribution in [-0.2, 0) is 18.7 Å². The average molecular weight is 290 g/mol.